The first kappa shape index (κ1) is 43.6. The molecule has 3 amide bonds. The fourth-order valence-corrected chi connectivity index (χ4v) is 5.82. The van der Waals surface area contributed by atoms with Gasteiger partial charge in [-0.15, -0.1) is 0 Å². The number of carbonyl (C=O) groups is 4. The summed E-state index contributed by atoms with van der Waals surface area (Å²) in [5.74, 6) is -0.533. The Kier molecular flexibility index (Phi) is 17.5. The van der Waals surface area contributed by atoms with Crippen molar-refractivity contribution in [2.45, 2.75) is 106 Å². The highest BCUT2D eigenvalue weighted by Gasteiger charge is 2.43. The lowest BCUT2D eigenvalue weighted by atomic mass is 9.80. The molecule has 1 heterocycles. The van der Waals surface area contributed by atoms with Crippen LogP contribution in [0.4, 0.5) is 4.79 Å². The number of nitrogens with zero attached hydrogens (tertiary/aromatic N) is 1. The summed E-state index contributed by atoms with van der Waals surface area (Å²) in [7, 11) is 3.26. The molecule has 0 aliphatic carbocycles. The second-order valence-corrected chi connectivity index (χ2v) is 15.1. The Balaban J connectivity index is 2.38. The smallest absolute Gasteiger partial charge is 0.415 e. The molecule has 51 heavy (non-hydrogen) atoms. The normalized spacial score (nSPS) is 18.0. The predicted molar refractivity (Wildman–Crippen MR) is 193 cm³/mol. The van der Waals surface area contributed by atoms with Gasteiger partial charge in [-0.1, -0.05) is 47.6 Å². The van der Waals surface area contributed by atoms with Crippen molar-refractivity contribution in [3.05, 3.63) is 23.8 Å². The number of hydrogen-bond donors (Lipinski definition) is 2. The van der Waals surface area contributed by atoms with Crippen molar-refractivity contribution in [2.24, 2.45) is 40.7 Å². The number of amides is 3. The first-order valence-electron chi connectivity index (χ1n) is 18.1. The van der Waals surface area contributed by atoms with Crippen molar-refractivity contribution in [3.63, 3.8) is 0 Å². The van der Waals surface area contributed by atoms with Crippen LogP contribution in [0, 0.1) is 35.0 Å². The van der Waals surface area contributed by atoms with Gasteiger partial charge in [0.1, 0.15) is 6.73 Å². The van der Waals surface area contributed by atoms with E-state index in [1.165, 1.54) is 11.8 Å². The zero-order chi connectivity index (χ0) is 38.5. The van der Waals surface area contributed by atoms with Crippen molar-refractivity contribution < 1.29 is 47.6 Å². The minimum atomic E-state index is -1.10. The fraction of sp³-hybridized carbons (Fsp3) is 0.737. The summed E-state index contributed by atoms with van der Waals surface area (Å²) >= 11 is 0. The quantitative estimate of drug-likeness (QED) is 0.0965. The van der Waals surface area contributed by atoms with E-state index < -0.39 is 47.7 Å². The molecule has 1 unspecified atom stereocenters. The zero-order valence-corrected chi connectivity index (χ0v) is 32.6. The highest BCUT2D eigenvalue weighted by Crippen LogP contribution is 2.36. The molecular formula is C38H63N3O10. The van der Waals surface area contributed by atoms with E-state index in [0.29, 0.717) is 44.0 Å². The first-order chi connectivity index (χ1) is 23.9. The lowest BCUT2D eigenvalue weighted by Gasteiger charge is -2.33. The number of methoxy groups -OCH3 is 2. The topological polar surface area (TPSA) is 165 Å². The summed E-state index contributed by atoms with van der Waals surface area (Å²) in [4.78, 5) is 52.8. The van der Waals surface area contributed by atoms with Crippen LogP contribution >= 0.6 is 0 Å². The molecule has 13 nitrogen and oxygen atoms in total. The highest BCUT2D eigenvalue weighted by atomic mass is 16.7. The summed E-state index contributed by atoms with van der Waals surface area (Å²) in [5, 5.41) is 2.91. The molecule has 1 aliphatic heterocycles. The molecule has 0 aromatic heterocycles. The van der Waals surface area contributed by atoms with Gasteiger partial charge >= 0.3 is 12.1 Å². The molecule has 1 aromatic rings. The van der Waals surface area contributed by atoms with Crippen LogP contribution in [0.3, 0.4) is 0 Å². The number of ether oxygens (including phenoxy) is 6. The number of esters is 1. The molecule has 0 spiro atoms. The van der Waals surface area contributed by atoms with Gasteiger partial charge in [0.2, 0.25) is 18.1 Å². The zero-order valence-electron chi connectivity index (χ0n) is 32.6. The van der Waals surface area contributed by atoms with Crippen LogP contribution in [0.2, 0.25) is 0 Å². The second-order valence-electron chi connectivity index (χ2n) is 15.1. The van der Waals surface area contributed by atoms with E-state index >= 15 is 0 Å². The monoisotopic (exact) mass is 721 g/mol. The summed E-state index contributed by atoms with van der Waals surface area (Å²) in [6.07, 6.45) is 0.0396. The standard InChI is InChI=1S/C38H63N3O10/c1-23(2)28(17-27-13-14-31(47-11)33(18-27)48-16-12-15-46-10)19-30-32(20-29(24(3)4)34(42)40-21-38(8,9)36(39)44)49-22-41(30)37(45)51-26(7)50-35(43)25(5)6/h13-14,18,23-26,28-30,32H,12,15-17,19-22H2,1-11H3,(H2,39,44)(H,40,42)/t26?,28-,29-,30-,32-/m0/s1. The van der Waals surface area contributed by atoms with Gasteiger partial charge in [-0.05, 0) is 68.6 Å². The van der Waals surface area contributed by atoms with Gasteiger partial charge in [-0.2, -0.15) is 0 Å². The van der Waals surface area contributed by atoms with Crippen LogP contribution in [-0.4, -0.2) is 87.9 Å². The Hall–Kier alpha value is -3.58. The highest BCUT2D eigenvalue weighted by molar-refractivity contribution is 5.83. The van der Waals surface area contributed by atoms with Gasteiger partial charge in [0, 0.05) is 39.5 Å². The minimum absolute atomic E-state index is 0.0486. The summed E-state index contributed by atoms with van der Waals surface area (Å²) in [5.41, 5.74) is 5.67. The van der Waals surface area contributed by atoms with E-state index in [-0.39, 0.29) is 42.9 Å². The molecule has 3 N–H and O–H groups in total. The van der Waals surface area contributed by atoms with Crippen molar-refractivity contribution in [1.29, 1.82) is 0 Å². The van der Waals surface area contributed by atoms with Crippen LogP contribution < -0.4 is 20.5 Å². The van der Waals surface area contributed by atoms with Crippen LogP contribution in [0.5, 0.6) is 11.5 Å². The maximum atomic E-state index is 13.6. The molecule has 1 fully saturated rings. The van der Waals surface area contributed by atoms with Gasteiger partial charge in [0.15, 0.2) is 11.5 Å². The fourth-order valence-electron chi connectivity index (χ4n) is 5.82. The molecule has 0 saturated carbocycles. The predicted octanol–water partition coefficient (Wildman–Crippen LogP) is 5.31. The van der Waals surface area contributed by atoms with Gasteiger partial charge in [-0.3, -0.25) is 19.3 Å². The summed E-state index contributed by atoms with van der Waals surface area (Å²) in [6, 6.07) is 5.46. The van der Waals surface area contributed by atoms with Gasteiger partial charge < -0.3 is 39.5 Å². The van der Waals surface area contributed by atoms with Gasteiger partial charge in [0.05, 0.1) is 37.2 Å². The summed E-state index contributed by atoms with van der Waals surface area (Å²) < 4.78 is 33.9. The lowest BCUT2D eigenvalue weighted by Crippen LogP contribution is -2.47. The van der Waals surface area contributed by atoms with Crippen molar-refractivity contribution in [1.82, 2.24) is 10.2 Å². The second kappa shape index (κ2) is 20.5. The molecular weight excluding hydrogens is 658 g/mol. The average molecular weight is 722 g/mol. The molecule has 1 aliphatic rings. The number of hydrogen-bond acceptors (Lipinski definition) is 10. The number of nitrogens with one attached hydrogen (secondary N) is 1. The van der Waals surface area contributed by atoms with E-state index in [1.807, 2.05) is 32.0 Å². The lowest BCUT2D eigenvalue weighted by molar-refractivity contribution is -0.170. The molecule has 2 rings (SSSR count). The largest absolute Gasteiger partial charge is 0.493 e. The van der Waals surface area contributed by atoms with Crippen LogP contribution in [0.1, 0.15) is 87.1 Å². The van der Waals surface area contributed by atoms with E-state index in [2.05, 4.69) is 19.2 Å². The molecule has 0 radical (unpaired) electrons. The number of carbonyl (C=O) groups excluding carboxylic acids is 4. The van der Waals surface area contributed by atoms with E-state index in [9.17, 15) is 19.2 Å². The molecule has 13 heteroatoms. The van der Waals surface area contributed by atoms with Crippen LogP contribution in [-0.2, 0) is 39.8 Å². The van der Waals surface area contributed by atoms with Crippen molar-refractivity contribution in [2.75, 3.05) is 40.7 Å². The molecule has 1 aromatic carbocycles. The number of primary amides is 1. The maximum absolute atomic E-state index is 13.6. The Morgan fingerprint density at radius 3 is 2.22 bits per heavy atom. The summed E-state index contributed by atoms with van der Waals surface area (Å²) in [6.45, 7) is 17.6. The number of rotatable bonds is 21. The average Bonchev–Trinajstić information content (AvgIpc) is 3.45. The Labute approximate surface area is 304 Å². The molecule has 1 saturated heterocycles. The maximum Gasteiger partial charge on any atom is 0.415 e. The van der Waals surface area contributed by atoms with E-state index in [0.717, 1.165) is 12.0 Å². The molecule has 0 bridgehead atoms. The van der Waals surface area contributed by atoms with Gasteiger partial charge in [-0.25, -0.2) is 4.79 Å². The molecule has 290 valence electrons. The van der Waals surface area contributed by atoms with Crippen LogP contribution in [0.15, 0.2) is 18.2 Å². The third-order valence-corrected chi connectivity index (χ3v) is 9.47. The van der Waals surface area contributed by atoms with E-state index in [1.54, 1.807) is 41.9 Å². The SMILES string of the molecule is COCCCOc1cc(C[C@@H](C[C@H]2[C@H](C[C@H](C(=O)NCC(C)(C)C(N)=O)C(C)C)OCN2C(=O)OC(C)OC(=O)C(C)C)C(C)C)ccc1OC. The first-order valence-corrected chi connectivity index (χ1v) is 18.1. The van der Waals surface area contributed by atoms with E-state index in [4.69, 9.17) is 34.2 Å². The van der Waals surface area contributed by atoms with Gasteiger partial charge in [0.25, 0.3) is 0 Å². The van der Waals surface area contributed by atoms with Crippen LogP contribution in [0.25, 0.3) is 0 Å². The Morgan fingerprint density at radius 2 is 1.65 bits per heavy atom. The number of benzene rings is 1. The number of nitrogens with two attached hydrogens (primary N) is 1. The Morgan fingerprint density at radius 1 is 0.961 bits per heavy atom. The van der Waals surface area contributed by atoms with Crippen molar-refractivity contribution >= 4 is 23.9 Å². The Bertz CT molecular complexity index is 1280. The minimum Gasteiger partial charge on any atom is -0.493 e. The van der Waals surface area contributed by atoms with Crippen molar-refractivity contribution in [3.8, 4) is 11.5 Å². The third-order valence-electron chi connectivity index (χ3n) is 9.47. The third kappa shape index (κ3) is 13.5. The molecule has 5 atom stereocenters.